The molecule has 0 spiro atoms. The minimum absolute atomic E-state index is 0.177. The molecule has 0 fully saturated rings. The van der Waals surface area contributed by atoms with Crippen molar-refractivity contribution in [3.8, 4) is 0 Å². The molecular weight excluding hydrogens is 326 g/mol. The van der Waals surface area contributed by atoms with E-state index in [9.17, 15) is 9.59 Å². The minimum atomic E-state index is -0.391. The van der Waals surface area contributed by atoms with Gasteiger partial charge in [-0.15, -0.1) is 0 Å². The van der Waals surface area contributed by atoms with Gasteiger partial charge < -0.3 is 10.6 Å². The van der Waals surface area contributed by atoms with Gasteiger partial charge in [0.15, 0.2) is 0 Å². The Bertz CT molecular complexity index is 719. The highest BCUT2D eigenvalue weighted by Gasteiger charge is 2.12. The lowest BCUT2D eigenvalue weighted by Crippen LogP contribution is -2.26. The normalized spacial score (nSPS) is 10.2. The Balaban J connectivity index is 2.01. The first kappa shape index (κ1) is 17.9. The molecule has 0 aliphatic carbocycles. The topological polar surface area (TPSA) is 71.1 Å². The third-order valence-corrected chi connectivity index (χ3v) is 3.60. The number of anilines is 1. The summed E-state index contributed by atoms with van der Waals surface area (Å²) in [7, 11) is 0. The van der Waals surface area contributed by atoms with Crippen LogP contribution in [0.2, 0.25) is 5.02 Å². The van der Waals surface area contributed by atoms with Crippen LogP contribution in [0.25, 0.3) is 0 Å². The maximum absolute atomic E-state index is 12.3. The van der Waals surface area contributed by atoms with Crippen molar-refractivity contribution in [2.45, 2.75) is 26.2 Å². The zero-order valence-corrected chi connectivity index (χ0v) is 14.3. The summed E-state index contributed by atoms with van der Waals surface area (Å²) in [5, 5.41) is 6.04. The summed E-state index contributed by atoms with van der Waals surface area (Å²) in [4.78, 5) is 28.4. The first-order valence-electron chi connectivity index (χ1n) is 7.92. The first-order chi connectivity index (χ1) is 11.6. The fourth-order valence-electron chi connectivity index (χ4n) is 2.12. The second-order valence-corrected chi connectivity index (χ2v) is 5.77. The summed E-state index contributed by atoms with van der Waals surface area (Å²) in [5.41, 5.74) is 0.977. The van der Waals surface area contributed by atoms with Crippen LogP contribution in [-0.4, -0.2) is 23.3 Å². The van der Waals surface area contributed by atoms with E-state index in [4.69, 9.17) is 11.6 Å². The van der Waals surface area contributed by atoms with Crippen LogP contribution in [0.4, 0.5) is 5.69 Å². The van der Waals surface area contributed by atoms with Crippen LogP contribution in [0.5, 0.6) is 0 Å². The Morgan fingerprint density at radius 2 is 1.75 bits per heavy atom. The summed E-state index contributed by atoms with van der Waals surface area (Å²) in [6, 6.07) is 11.6. The quantitative estimate of drug-likeness (QED) is 0.747. The molecule has 0 saturated heterocycles. The molecule has 2 rings (SSSR count). The van der Waals surface area contributed by atoms with Crippen molar-refractivity contribution in [2.24, 2.45) is 0 Å². The molecule has 0 unspecified atom stereocenters. The summed E-state index contributed by atoms with van der Waals surface area (Å²) in [6.07, 6.45) is 3.08. The second kappa shape index (κ2) is 9.03. The van der Waals surface area contributed by atoms with Crippen LogP contribution in [0.15, 0.2) is 42.5 Å². The largest absolute Gasteiger partial charge is 0.351 e. The number of aromatic nitrogens is 1. The fraction of sp³-hybridized carbons (Fsp3) is 0.278. The van der Waals surface area contributed by atoms with E-state index in [1.807, 2.05) is 0 Å². The summed E-state index contributed by atoms with van der Waals surface area (Å²) >= 11 is 5.89. The number of nitrogens with one attached hydrogen (secondary N) is 2. The third kappa shape index (κ3) is 5.35. The number of amides is 2. The Morgan fingerprint density at radius 3 is 2.46 bits per heavy atom. The summed E-state index contributed by atoms with van der Waals surface area (Å²) in [6.45, 7) is 2.71. The lowest BCUT2D eigenvalue weighted by Gasteiger charge is -2.07. The van der Waals surface area contributed by atoms with E-state index in [1.165, 1.54) is 0 Å². The molecule has 24 heavy (non-hydrogen) atoms. The molecule has 1 aromatic carbocycles. The predicted molar refractivity (Wildman–Crippen MR) is 95.5 cm³/mol. The number of hydrogen-bond donors (Lipinski definition) is 2. The maximum Gasteiger partial charge on any atom is 0.274 e. The number of carbonyl (C=O) groups excluding carboxylic acids is 2. The average molecular weight is 346 g/mol. The highest BCUT2D eigenvalue weighted by Crippen LogP contribution is 2.15. The number of rotatable bonds is 7. The molecule has 0 bridgehead atoms. The van der Waals surface area contributed by atoms with Crippen molar-refractivity contribution in [3.05, 3.63) is 58.9 Å². The Hall–Kier alpha value is -2.40. The molecule has 2 N–H and O–H groups in total. The standard InChI is InChI=1S/C18H20ClN3O2/c1-2-3-4-11-20-17(23)15-9-6-10-16(22-15)18(24)21-14-8-5-7-13(19)12-14/h5-10,12H,2-4,11H2,1H3,(H,20,23)(H,21,24). The molecule has 0 aliphatic heterocycles. The second-order valence-electron chi connectivity index (χ2n) is 5.34. The van der Waals surface area contributed by atoms with E-state index < -0.39 is 5.91 Å². The predicted octanol–water partition coefficient (Wildman–Crippen LogP) is 3.91. The highest BCUT2D eigenvalue weighted by molar-refractivity contribution is 6.30. The van der Waals surface area contributed by atoms with Gasteiger partial charge in [0.05, 0.1) is 0 Å². The Morgan fingerprint density at radius 1 is 1.04 bits per heavy atom. The monoisotopic (exact) mass is 345 g/mol. The lowest BCUT2D eigenvalue weighted by atomic mass is 10.2. The SMILES string of the molecule is CCCCCNC(=O)c1cccc(C(=O)Nc2cccc(Cl)c2)n1. The number of pyridine rings is 1. The van der Waals surface area contributed by atoms with Crippen LogP contribution in [0, 0.1) is 0 Å². The molecule has 2 aromatic rings. The highest BCUT2D eigenvalue weighted by atomic mass is 35.5. The van der Waals surface area contributed by atoms with E-state index >= 15 is 0 Å². The van der Waals surface area contributed by atoms with Crippen molar-refractivity contribution >= 4 is 29.1 Å². The molecule has 5 nitrogen and oxygen atoms in total. The maximum atomic E-state index is 12.3. The van der Waals surface area contributed by atoms with Gasteiger partial charge in [-0.2, -0.15) is 0 Å². The van der Waals surface area contributed by atoms with E-state index in [0.717, 1.165) is 19.3 Å². The number of hydrogen-bond acceptors (Lipinski definition) is 3. The Labute approximate surface area is 146 Å². The van der Waals surface area contributed by atoms with Crippen molar-refractivity contribution in [1.82, 2.24) is 10.3 Å². The summed E-state index contributed by atoms with van der Waals surface area (Å²) < 4.78 is 0. The van der Waals surface area contributed by atoms with E-state index in [1.54, 1.807) is 42.5 Å². The molecule has 1 heterocycles. The van der Waals surface area contributed by atoms with E-state index in [2.05, 4.69) is 22.5 Å². The van der Waals surface area contributed by atoms with Crippen molar-refractivity contribution < 1.29 is 9.59 Å². The van der Waals surface area contributed by atoms with Crippen LogP contribution >= 0.6 is 11.6 Å². The lowest BCUT2D eigenvalue weighted by molar-refractivity contribution is 0.0948. The van der Waals surface area contributed by atoms with Crippen molar-refractivity contribution in [1.29, 1.82) is 0 Å². The number of nitrogens with zero attached hydrogens (tertiary/aromatic N) is 1. The average Bonchev–Trinajstić information content (AvgIpc) is 2.58. The van der Waals surface area contributed by atoms with Gasteiger partial charge in [-0.25, -0.2) is 4.98 Å². The van der Waals surface area contributed by atoms with Crippen LogP contribution in [0.1, 0.15) is 47.2 Å². The van der Waals surface area contributed by atoms with Crippen LogP contribution in [0.3, 0.4) is 0 Å². The Kier molecular flexibility index (Phi) is 6.75. The molecule has 0 saturated carbocycles. The minimum Gasteiger partial charge on any atom is -0.351 e. The van der Waals surface area contributed by atoms with Gasteiger partial charge in [0.25, 0.3) is 11.8 Å². The molecule has 6 heteroatoms. The van der Waals surface area contributed by atoms with Crippen molar-refractivity contribution in [3.63, 3.8) is 0 Å². The van der Waals surface area contributed by atoms with Crippen LogP contribution in [-0.2, 0) is 0 Å². The van der Waals surface area contributed by atoms with E-state index in [0.29, 0.717) is 17.3 Å². The van der Waals surface area contributed by atoms with Crippen molar-refractivity contribution in [2.75, 3.05) is 11.9 Å². The zero-order valence-electron chi connectivity index (χ0n) is 13.5. The van der Waals surface area contributed by atoms with Gasteiger partial charge in [-0.05, 0) is 36.8 Å². The molecule has 2 amide bonds. The zero-order chi connectivity index (χ0) is 17.4. The number of halogens is 1. The number of benzene rings is 1. The van der Waals surface area contributed by atoms with Gasteiger partial charge in [-0.1, -0.05) is 43.5 Å². The van der Waals surface area contributed by atoms with Gasteiger partial charge >= 0.3 is 0 Å². The fourth-order valence-corrected chi connectivity index (χ4v) is 2.31. The molecular formula is C18H20ClN3O2. The van der Waals surface area contributed by atoms with Gasteiger partial charge in [-0.3, -0.25) is 9.59 Å². The molecule has 0 radical (unpaired) electrons. The molecule has 0 aliphatic rings. The number of unbranched alkanes of at least 4 members (excludes halogenated alkanes) is 2. The molecule has 126 valence electrons. The molecule has 1 aromatic heterocycles. The van der Waals surface area contributed by atoms with Crippen LogP contribution < -0.4 is 10.6 Å². The first-order valence-corrected chi connectivity index (χ1v) is 8.30. The molecule has 0 atom stereocenters. The number of carbonyl (C=O) groups is 2. The smallest absolute Gasteiger partial charge is 0.274 e. The van der Waals surface area contributed by atoms with Gasteiger partial charge in [0, 0.05) is 17.3 Å². The third-order valence-electron chi connectivity index (χ3n) is 3.36. The van der Waals surface area contributed by atoms with E-state index in [-0.39, 0.29) is 17.3 Å². The summed E-state index contributed by atoms with van der Waals surface area (Å²) in [5.74, 6) is -0.665. The van der Waals surface area contributed by atoms with Gasteiger partial charge in [0.1, 0.15) is 11.4 Å². The van der Waals surface area contributed by atoms with Gasteiger partial charge in [0.2, 0.25) is 0 Å².